The highest BCUT2D eigenvalue weighted by Gasteiger charge is 2.39. The Kier molecular flexibility index (Phi) is 2.59. The lowest BCUT2D eigenvalue weighted by Gasteiger charge is -2.09. The Labute approximate surface area is 85.3 Å². The fraction of sp³-hybridized carbons (Fsp3) is 0.727. The van der Waals surface area contributed by atoms with Gasteiger partial charge in [-0.15, -0.1) is 0 Å². The first-order valence-corrected chi connectivity index (χ1v) is 5.44. The van der Waals surface area contributed by atoms with Gasteiger partial charge in [0.15, 0.2) is 0 Å². The van der Waals surface area contributed by atoms with Gasteiger partial charge in [0.2, 0.25) is 0 Å². The van der Waals surface area contributed by atoms with Crippen LogP contribution in [0.25, 0.3) is 0 Å². The molecule has 78 valence electrons. The van der Waals surface area contributed by atoms with E-state index in [2.05, 4.69) is 29.7 Å². The Morgan fingerprint density at radius 2 is 2.43 bits per heavy atom. The molecule has 3 heteroatoms. The van der Waals surface area contributed by atoms with Crippen LogP contribution in [0.1, 0.15) is 31.9 Å². The van der Waals surface area contributed by atoms with Crippen molar-refractivity contribution in [2.45, 2.75) is 32.7 Å². The fourth-order valence-electron chi connectivity index (χ4n) is 2.03. The van der Waals surface area contributed by atoms with Gasteiger partial charge in [-0.1, -0.05) is 13.8 Å². The minimum atomic E-state index is 0.656. The molecule has 3 nitrogen and oxygen atoms in total. The first-order chi connectivity index (χ1) is 6.72. The van der Waals surface area contributed by atoms with Gasteiger partial charge in [-0.2, -0.15) is 5.10 Å². The molecule has 2 N–H and O–H groups in total. The van der Waals surface area contributed by atoms with Crippen LogP contribution in [0.3, 0.4) is 0 Å². The van der Waals surface area contributed by atoms with Gasteiger partial charge in [-0.05, 0) is 30.9 Å². The summed E-state index contributed by atoms with van der Waals surface area (Å²) in [7, 11) is 0. The van der Waals surface area contributed by atoms with Crippen molar-refractivity contribution < 1.29 is 0 Å². The lowest BCUT2D eigenvalue weighted by atomic mass is 10.2. The number of rotatable bonds is 4. The molecule has 1 aromatic heterocycles. The van der Waals surface area contributed by atoms with E-state index in [0.29, 0.717) is 17.8 Å². The molecule has 2 unspecified atom stereocenters. The maximum absolute atomic E-state index is 5.65. The van der Waals surface area contributed by atoms with Gasteiger partial charge in [-0.3, -0.25) is 4.68 Å². The Balaban J connectivity index is 2.07. The van der Waals surface area contributed by atoms with Crippen LogP contribution in [-0.2, 0) is 6.54 Å². The zero-order valence-electron chi connectivity index (χ0n) is 8.98. The Morgan fingerprint density at radius 3 is 3.00 bits per heavy atom. The molecule has 0 amide bonds. The van der Waals surface area contributed by atoms with Crippen LogP contribution in [0.4, 0.5) is 0 Å². The van der Waals surface area contributed by atoms with Crippen LogP contribution in [0.5, 0.6) is 0 Å². The quantitative estimate of drug-likeness (QED) is 0.789. The van der Waals surface area contributed by atoms with Crippen LogP contribution in [0.2, 0.25) is 0 Å². The Morgan fingerprint density at radius 1 is 1.64 bits per heavy atom. The zero-order valence-corrected chi connectivity index (χ0v) is 8.98. The average Bonchev–Trinajstić information content (AvgIpc) is 2.79. The van der Waals surface area contributed by atoms with E-state index in [-0.39, 0.29) is 0 Å². The van der Waals surface area contributed by atoms with Crippen LogP contribution in [0, 0.1) is 11.8 Å². The van der Waals surface area contributed by atoms with E-state index in [9.17, 15) is 0 Å². The topological polar surface area (TPSA) is 43.8 Å². The molecule has 0 aliphatic heterocycles. The summed E-state index contributed by atoms with van der Waals surface area (Å²) < 4.78 is 2.14. The number of nitrogens with two attached hydrogens (primary N) is 1. The molecule has 2 rings (SSSR count). The summed E-state index contributed by atoms with van der Waals surface area (Å²) in [6, 6.07) is 2.14. The molecular formula is C11H19N3. The van der Waals surface area contributed by atoms with Crippen molar-refractivity contribution in [3.63, 3.8) is 0 Å². The summed E-state index contributed by atoms with van der Waals surface area (Å²) in [4.78, 5) is 0. The van der Waals surface area contributed by atoms with E-state index in [1.54, 1.807) is 0 Å². The molecule has 14 heavy (non-hydrogen) atoms. The van der Waals surface area contributed by atoms with Gasteiger partial charge < -0.3 is 5.73 Å². The van der Waals surface area contributed by atoms with E-state index in [1.165, 1.54) is 12.1 Å². The highest BCUT2D eigenvalue weighted by atomic mass is 15.3. The van der Waals surface area contributed by atoms with E-state index < -0.39 is 0 Å². The highest BCUT2D eigenvalue weighted by Crippen LogP contribution is 2.46. The van der Waals surface area contributed by atoms with Crippen LogP contribution in [-0.4, -0.2) is 16.3 Å². The van der Waals surface area contributed by atoms with Crippen molar-refractivity contribution >= 4 is 0 Å². The smallest absolute Gasteiger partial charge is 0.0492 e. The monoisotopic (exact) mass is 193 g/mol. The Bertz CT molecular complexity index is 303. The second kappa shape index (κ2) is 3.73. The second-order valence-electron chi connectivity index (χ2n) is 4.67. The van der Waals surface area contributed by atoms with Gasteiger partial charge in [0.25, 0.3) is 0 Å². The average molecular weight is 193 g/mol. The van der Waals surface area contributed by atoms with Crippen molar-refractivity contribution in [2.75, 3.05) is 6.54 Å². The lowest BCUT2D eigenvalue weighted by molar-refractivity contribution is 0.467. The number of aromatic nitrogens is 2. The summed E-state index contributed by atoms with van der Waals surface area (Å²) in [5.41, 5.74) is 7.04. The molecule has 0 bridgehead atoms. The molecule has 0 aromatic carbocycles. The maximum atomic E-state index is 5.65. The van der Waals surface area contributed by atoms with Crippen molar-refractivity contribution in [3.05, 3.63) is 18.0 Å². The summed E-state index contributed by atoms with van der Waals surface area (Å²) in [5, 5.41) is 4.36. The predicted octanol–water partition coefficient (Wildman–Crippen LogP) is 1.60. The molecule has 1 saturated carbocycles. The van der Waals surface area contributed by atoms with Gasteiger partial charge in [-0.25, -0.2) is 0 Å². The van der Waals surface area contributed by atoms with Crippen molar-refractivity contribution in [1.82, 2.24) is 9.78 Å². The van der Waals surface area contributed by atoms with Gasteiger partial charge in [0.1, 0.15) is 0 Å². The SMILES string of the molecule is CC(C)Cn1nccc1C1CC1CN. The summed E-state index contributed by atoms with van der Waals surface area (Å²) in [6.07, 6.45) is 3.16. The van der Waals surface area contributed by atoms with Gasteiger partial charge in [0.05, 0.1) is 0 Å². The zero-order chi connectivity index (χ0) is 10.1. The predicted molar refractivity (Wildman–Crippen MR) is 57.0 cm³/mol. The normalized spacial score (nSPS) is 25.7. The summed E-state index contributed by atoms with van der Waals surface area (Å²) in [6.45, 7) is 6.28. The molecule has 1 fully saturated rings. The van der Waals surface area contributed by atoms with Crippen LogP contribution in [0.15, 0.2) is 12.3 Å². The third kappa shape index (κ3) is 1.82. The Hall–Kier alpha value is -0.830. The van der Waals surface area contributed by atoms with E-state index in [4.69, 9.17) is 5.73 Å². The van der Waals surface area contributed by atoms with Gasteiger partial charge >= 0.3 is 0 Å². The molecule has 1 heterocycles. The van der Waals surface area contributed by atoms with E-state index in [1.807, 2.05) is 6.20 Å². The molecular weight excluding hydrogens is 174 g/mol. The lowest BCUT2D eigenvalue weighted by Crippen LogP contribution is -2.10. The second-order valence-corrected chi connectivity index (χ2v) is 4.67. The largest absolute Gasteiger partial charge is 0.330 e. The molecule has 1 aliphatic carbocycles. The first-order valence-electron chi connectivity index (χ1n) is 5.44. The van der Waals surface area contributed by atoms with Crippen LogP contribution >= 0.6 is 0 Å². The summed E-state index contributed by atoms with van der Waals surface area (Å²) in [5.74, 6) is 2.04. The third-order valence-electron chi connectivity index (χ3n) is 2.89. The molecule has 2 atom stereocenters. The fourth-order valence-corrected chi connectivity index (χ4v) is 2.03. The molecule has 1 aliphatic rings. The molecule has 0 radical (unpaired) electrons. The minimum absolute atomic E-state index is 0.656. The van der Waals surface area contributed by atoms with Crippen molar-refractivity contribution in [1.29, 1.82) is 0 Å². The number of nitrogens with zero attached hydrogens (tertiary/aromatic N) is 2. The van der Waals surface area contributed by atoms with Crippen molar-refractivity contribution in [3.8, 4) is 0 Å². The minimum Gasteiger partial charge on any atom is -0.330 e. The standard InChI is InChI=1S/C11H19N3/c1-8(2)7-14-11(3-4-13-14)10-5-9(10)6-12/h3-4,8-10H,5-7,12H2,1-2H3. The number of hydrogen-bond acceptors (Lipinski definition) is 2. The van der Waals surface area contributed by atoms with Gasteiger partial charge in [0, 0.05) is 24.4 Å². The third-order valence-corrected chi connectivity index (χ3v) is 2.89. The first kappa shape index (κ1) is 9.71. The molecule has 0 spiro atoms. The molecule has 1 aromatic rings. The summed E-state index contributed by atoms with van der Waals surface area (Å²) >= 11 is 0. The van der Waals surface area contributed by atoms with Crippen molar-refractivity contribution in [2.24, 2.45) is 17.6 Å². The molecule has 0 saturated heterocycles. The van der Waals surface area contributed by atoms with E-state index in [0.717, 1.165) is 13.1 Å². The highest BCUT2D eigenvalue weighted by molar-refractivity contribution is 5.17. The maximum Gasteiger partial charge on any atom is 0.0492 e. The number of hydrogen-bond donors (Lipinski definition) is 1. The van der Waals surface area contributed by atoms with Crippen LogP contribution < -0.4 is 5.73 Å². The van der Waals surface area contributed by atoms with E-state index >= 15 is 0 Å².